The predicted octanol–water partition coefficient (Wildman–Crippen LogP) is 3.69. The van der Waals surface area contributed by atoms with Gasteiger partial charge in [-0.2, -0.15) is 5.26 Å². The molecule has 1 aromatic heterocycles. The molecule has 22 heavy (non-hydrogen) atoms. The maximum atomic E-state index is 11.7. The average Bonchev–Trinajstić information content (AvgIpc) is 2.55. The van der Waals surface area contributed by atoms with Crippen LogP contribution in [0, 0.1) is 11.3 Å². The van der Waals surface area contributed by atoms with Crippen molar-refractivity contribution in [1.29, 1.82) is 5.26 Å². The van der Waals surface area contributed by atoms with Crippen molar-refractivity contribution in [3.8, 4) is 6.07 Å². The zero-order valence-electron chi connectivity index (χ0n) is 12.1. The number of pyridine rings is 1. The van der Waals surface area contributed by atoms with E-state index in [-0.39, 0.29) is 18.3 Å². The second kappa shape index (κ2) is 7.58. The largest absolute Gasteiger partial charge is 0.469 e. The lowest BCUT2D eigenvalue weighted by Crippen LogP contribution is -2.15. The molecule has 0 radical (unpaired) electrons. The summed E-state index contributed by atoms with van der Waals surface area (Å²) in [6.07, 6.45) is 3.41. The van der Waals surface area contributed by atoms with Crippen LogP contribution in [0.2, 0.25) is 5.02 Å². The molecule has 4 nitrogen and oxygen atoms in total. The van der Waals surface area contributed by atoms with E-state index in [1.54, 1.807) is 30.6 Å². The SMILES string of the molecule is COC(=O)CC(c1ccncc1)C(C#N)c1cccc(Cl)c1. The highest BCUT2D eigenvalue weighted by molar-refractivity contribution is 6.30. The molecular formula is C17H15ClN2O2. The van der Waals surface area contributed by atoms with Gasteiger partial charge in [-0.1, -0.05) is 23.7 Å². The Labute approximate surface area is 134 Å². The van der Waals surface area contributed by atoms with Gasteiger partial charge in [0.2, 0.25) is 0 Å². The van der Waals surface area contributed by atoms with Gasteiger partial charge >= 0.3 is 5.97 Å². The Morgan fingerprint density at radius 2 is 2.05 bits per heavy atom. The fraction of sp³-hybridized carbons (Fsp3) is 0.235. The minimum atomic E-state index is -0.500. The monoisotopic (exact) mass is 314 g/mol. The van der Waals surface area contributed by atoms with Gasteiger partial charge in [0.25, 0.3) is 0 Å². The van der Waals surface area contributed by atoms with E-state index >= 15 is 0 Å². The second-order valence-electron chi connectivity index (χ2n) is 4.83. The Morgan fingerprint density at radius 3 is 2.64 bits per heavy atom. The van der Waals surface area contributed by atoms with E-state index in [1.165, 1.54) is 7.11 Å². The van der Waals surface area contributed by atoms with Crippen molar-refractivity contribution in [3.63, 3.8) is 0 Å². The molecule has 0 spiro atoms. The number of rotatable bonds is 5. The Bertz CT molecular complexity index is 683. The van der Waals surface area contributed by atoms with Crippen molar-refractivity contribution in [2.24, 2.45) is 0 Å². The van der Waals surface area contributed by atoms with Crippen molar-refractivity contribution < 1.29 is 9.53 Å². The van der Waals surface area contributed by atoms with Gasteiger partial charge in [-0.3, -0.25) is 9.78 Å². The van der Waals surface area contributed by atoms with E-state index in [2.05, 4.69) is 11.1 Å². The molecule has 0 fully saturated rings. The normalized spacial score (nSPS) is 13.0. The molecule has 112 valence electrons. The van der Waals surface area contributed by atoms with Gasteiger partial charge in [0.1, 0.15) is 0 Å². The van der Waals surface area contributed by atoms with Crippen LogP contribution in [0.15, 0.2) is 48.8 Å². The highest BCUT2D eigenvalue weighted by atomic mass is 35.5. The number of carbonyl (C=O) groups is 1. The molecule has 1 aromatic carbocycles. The molecular weight excluding hydrogens is 300 g/mol. The molecule has 2 atom stereocenters. The number of carbonyl (C=O) groups excluding carboxylic acids is 1. The zero-order valence-corrected chi connectivity index (χ0v) is 12.8. The average molecular weight is 315 g/mol. The quantitative estimate of drug-likeness (QED) is 0.790. The number of hydrogen-bond donors (Lipinski definition) is 0. The molecule has 5 heteroatoms. The standard InChI is InChI=1S/C17H15ClN2O2/c1-22-17(21)10-15(12-5-7-20-8-6-12)16(11-19)13-3-2-4-14(18)9-13/h2-9,15-16H,10H2,1H3. The van der Waals surface area contributed by atoms with Crippen molar-refractivity contribution >= 4 is 17.6 Å². The number of benzene rings is 1. The highest BCUT2D eigenvalue weighted by Gasteiger charge is 2.27. The third kappa shape index (κ3) is 3.84. The molecule has 0 aliphatic rings. The summed E-state index contributed by atoms with van der Waals surface area (Å²) in [6.45, 7) is 0. The minimum Gasteiger partial charge on any atom is -0.469 e. The number of esters is 1. The van der Waals surface area contributed by atoms with E-state index in [0.29, 0.717) is 5.02 Å². The molecule has 0 aliphatic carbocycles. The van der Waals surface area contributed by atoms with E-state index in [0.717, 1.165) is 11.1 Å². The number of ether oxygens (including phenoxy) is 1. The lowest BCUT2D eigenvalue weighted by molar-refractivity contribution is -0.141. The number of methoxy groups -OCH3 is 1. The van der Waals surface area contributed by atoms with Gasteiger partial charge in [0, 0.05) is 23.3 Å². The Kier molecular flexibility index (Phi) is 5.51. The van der Waals surface area contributed by atoms with E-state index in [9.17, 15) is 10.1 Å². The predicted molar refractivity (Wildman–Crippen MR) is 83.4 cm³/mol. The van der Waals surface area contributed by atoms with Gasteiger partial charge in [0.05, 0.1) is 25.5 Å². The number of hydrogen-bond acceptors (Lipinski definition) is 4. The topological polar surface area (TPSA) is 63.0 Å². The fourth-order valence-electron chi connectivity index (χ4n) is 2.40. The van der Waals surface area contributed by atoms with Crippen LogP contribution in [-0.4, -0.2) is 18.1 Å². The summed E-state index contributed by atoms with van der Waals surface area (Å²) in [5.74, 6) is -1.18. The maximum Gasteiger partial charge on any atom is 0.306 e. The van der Waals surface area contributed by atoms with Crippen molar-refractivity contribution in [1.82, 2.24) is 4.98 Å². The molecule has 2 aromatic rings. The molecule has 0 N–H and O–H groups in total. The lowest BCUT2D eigenvalue weighted by atomic mass is 9.80. The van der Waals surface area contributed by atoms with Crippen molar-refractivity contribution in [2.75, 3.05) is 7.11 Å². The van der Waals surface area contributed by atoms with Gasteiger partial charge < -0.3 is 4.74 Å². The molecule has 0 aliphatic heterocycles. The molecule has 2 rings (SSSR count). The molecule has 0 bridgehead atoms. The van der Waals surface area contributed by atoms with Crippen LogP contribution in [0.3, 0.4) is 0 Å². The van der Waals surface area contributed by atoms with Gasteiger partial charge in [-0.15, -0.1) is 0 Å². The fourth-order valence-corrected chi connectivity index (χ4v) is 2.60. The number of aromatic nitrogens is 1. The van der Waals surface area contributed by atoms with Crippen LogP contribution in [0.1, 0.15) is 29.4 Å². The van der Waals surface area contributed by atoms with Crippen LogP contribution >= 0.6 is 11.6 Å². The van der Waals surface area contributed by atoms with Crippen molar-refractivity contribution in [2.45, 2.75) is 18.3 Å². The first-order valence-corrected chi connectivity index (χ1v) is 7.15. The summed E-state index contributed by atoms with van der Waals surface area (Å²) >= 11 is 6.02. The smallest absolute Gasteiger partial charge is 0.306 e. The molecule has 2 unspecified atom stereocenters. The summed E-state index contributed by atoms with van der Waals surface area (Å²) in [4.78, 5) is 15.7. The molecule has 0 saturated carbocycles. The first kappa shape index (κ1) is 16.0. The molecule has 1 heterocycles. The first-order valence-electron chi connectivity index (χ1n) is 6.77. The minimum absolute atomic E-state index is 0.116. The Hall–Kier alpha value is -2.38. The zero-order chi connectivity index (χ0) is 15.9. The third-order valence-corrected chi connectivity index (χ3v) is 3.73. The molecule has 0 amide bonds. The van der Waals surface area contributed by atoms with E-state index < -0.39 is 5.92 Å². The summed E-state index contributed by atoms with van der Waals surface area (Å²) in [5, 5.41) is 10.2. The number of nitrogens with zero attached hydrogens (tertiary/aromatic N) is 2. The van der Waals surface area contributed by atoms with Gasteiger partial charge in [-0.05, 0) is 35.4 Å². The maximum absolute atomic E-state index is 11.7. The number of nitriles is 1. The van der Waals surface area contributed by atoms with Crippen LogP contribution in [-0.2, 0) is 9.53 Å². The van der Waals surface area contributed by atoms with Crippen molar-refractivity contribution in [3.05, 3.63) is 64.9 Å². The summed E-state index contributed by atoms with van der Waals surface area (Å²) < 4.78 is 4.77. The van der Waals surface area contributed by atoms with Gasteiger partial charge in [-0.25, -0.2) is 0 Å². The van der Waals surface area contributed by atoms with Crippen LogP contribution < -0.4 is 0 Å². The summed E-state index contributed by atoms with van der Waals surface area (Å²) in [7, 11) is 1.34. The number of halogens is 1. The first-order chi connectivity index (χ1) is 10.7. The third-order valence-electron chi connectivity index (χ3n) is 3.50. The van der Waals surface area contributed by atoms with Gasteiger partial charge in [0.15, 0.2) is 0 Å². The van der Waals surface area contributed by atoms with Crippen LogP contribution in [0.4, 0.5) is 0 Å². The lowest BCUT2D eigenvalue weighted by Gasteiger charge is -2.22. The van der Waals surface area contributed by atoms with Crippen LogP contribution in [0.5, 0.6) is 0 Å². The molecule has 0 saturated heterocycles. The Balaban J connectivity index is 2.42. The summed E-state index contributed by atoms with van der Waals surface area (Å²) in [5.41, 5.74) is 1.65. The Morgan fingerprint density at radius 1 is 1.32 bits per heavy atom. The van der Waals surface area contributed by atoms with Crippen LogP contribution in [0.25, 0.3) is 0 Å². The second-order valence-corrected chi connectivity index (χ2v) is 5.27. The summed E-state index contributed by atoms with van der Waals surface area (Å²) in [6, 6.07) is 13.0. The van der Waals surface area contributed by atoms with E-state index in [4.69, 9.17) is 16.3 Å². The van der Waals surface area contributed by atoms with E-state index in [1.807, 2.05) is 18.2 Å². The highest BCUT2D eigenvalue weighted by Crippen LogP contribution is 2.36.